The molecule has 1 unspecified atom stereocenters. The van der Waals surface area contributed by atoms with E-state index in [9.17, 15) is 23.8 Å². The summed E-state index contributed by atoms with van der Waals surface area (Å²) in [5.41, 5.74) is -3.41. The molecule has 1 atom stereocenters. The molecule has 0 radical (unpaired) electrons. The Labute approximate surface area is 163 Å². The zero-order valence-corrected chi connectivity index (χ0v) is 17.9. The van der Waals surface area contributed by atoms with Crippen molar-refractivity contribution in [3.63, 3.8) is 0 Å². The molecule has 0 rings (SSSR count). The molecule has 0 aliphatic rings. The van der Waals surface area contributed by atoms with Crippen LogP contribution in [0.4, 0.5) is 4.79 Å². The Balaban J connectivity index is 0. The first kappa shape index (κ1) is 25.8. The third-order valence-electron chi connectivity index (χ3n) is 2.23. The van der Waals surface area contributed by atoms with Crippen molar-refractivity contribution in [2.75, 3.05) is 13.6 Å². The number of esters is 2. The predicted molar refractivity (Wildman–Crippen MR) is 76.0 cm³/mol. The summed E-state index contributed by atoms with van der Waals surface area (Å²) in [6.45, 7) is 7.57. The first-order valence-electron chi connectivity index (χ1n) is 6.65. The normalized spacial score (nSPS) is 14.0. The largest absolute Gasteiger partial charge is 1.00 e. The van der Waals surface area contributed by atoms with E-state index in [1.54, 1.807) is 41.5 Å². The minimum absolute atomic E-state index is 0. The van der Waals surface area contributed by atoms with E-state index in [2.05, 4.69) is 18.7 Å². The van der Waals surface area contributed by atoms with Gasteiger partial charge in [-0.3, -0.25) is 18.7 Å². The molecule has 0 fully saturated rings. The van der Waals surface area contributed by atoms with Gasteiger partial charge in [0.05, 0.1) is 10.8 Å². The summed E-state index contributed by atoms with van der Waals surface area (Å²) in [4.78, 5) is 45.5. The Morgan fingerprint density at radius 3 is 1.58 bits per heavy atom. The van der Waals surface area contributed by atoms with Gasteiger partial charge in [-0.25, -0.2) is 4.79 Å². The topological polar surface area (TPSA) is 128 Å². The molecule has 0 aromatic rings. The molecule has 0 aromatic heterocycles. The van der Waals surface area contributed by atoms with Crippen molar-refractivity contribution in [1.29, 1.82) is 0 Å². The van der Waals surface area contributed by atoms with Crippen LogP contribution in [0.5, 0.6) is 0 Å². The molecular formula is C13H22NaO9P. The Bertz CT molecular complexity index is 505. The molecule has 0 N–H and O–H groups in total. The molecule has 9 nitrogen and oxygen atoms in total. The molecular weight excluding hydrogens is 354 g/mol. The summed E-state index contributed by atoms with van der Waals surface area (Å²) in [5.74, 6) is -1.38. The molecule has 0 bridgehead atoms. The Morgan fingerprint density at radius 2 is 1.21 bits per heavy atom. The fraction of sp³-hybridized carbons (Fsp3) is 0.769. The smallest absolute Gasteiger partial charge is 0.770 e. The number of hydrogen-bond donors (Lipinski definition) is 0. The van der Waals surface area contributed by atoms with E-state index in [-0.39, 0.29) is 29.6 Å². The summed E-state index contributed by atoms with van der Waals surface area (Å²) in [6, 6.07) is 0. The van der Waals surface area contributed by atoms with Crippen molar-refractivity contribution in [2.45, 2.75) is 41.5 Å². The zero-order valence-electron chi connectivity index (χ0n) is 15.0. The van der Waals surface area contributed by atoms with Crippen LogP contribution < -0.4 is 34.5 Å². The molecule has 134 valence electrons. The number of ether oxygens (including phenoxy) is 3. The number of carbonyl (C=O) groups is 3. The van der Waals surface area contributed by atoms with Gasteiger partial charge in [0.1, 0.15) is 0 Å². The van der Waals surface area contributed by atoms with Crippen molar-refractivity contribution in [1.82, 2.24) is 0 Å². The van der Waals surface area contributed by atoms with Crippen molar-refractivity contribution in [3.8, 4) is 0 Å². The van der Waals surface area contributed by atoms with E-state index in [0.29, 0.717) is 0 Å². The van der Waals surface area contributed by atoms with Crippen LogP contribution in [-0.2, 0) is 32.9 Å². The third-order valence-corrected chi connectivity index (χ3v) is 3.26. The minimum atomic E-state index is -5.07. The maximum Gasteiger partial charge on any atom is 1.00 e. The number of carbonyl (C=O) groups excluding carboxylic acids is 3. The van der Waals surface area contributed by atoms with Gasteiger partial charge in [0, 0.05) is 0 Å². The predicted octanol–water partition coefficient (Wildman–Crippen LogP) is -1.21. The number of hydrogen-bond acceptors (Lipinski definition) is 9. The van der Waals surface area contributed by atoms with E-state index in [0.717, 1.165) is 0 Å². The summed E-state index contributed by atoms with van der Waals surface area (Å²) in [5, 5.41) is 0. The van der Waals surface area contributed by atoms with Crippen LogP contribution in [0.2, 0.25) is 0 Å². The van der Waals surface area contributed by atoms with Gasteiger partial charge in [0.25, 0.3) is 0 Å². The van der Waals surface area contributed by atoms with Crippen molar-refractivity contribution in [3.05, 3.63) is 0 Å². The van der Waals surface area contributed by atoms with Crippen LogP contribution in [0.1, 0.15) is 41.5 Å². The van der Waals surface area contributed by atoms with Gasteiger partial charge >= 0.3 is 47.2 Å². The van der Waals surface area contributed by atoms with Gasteiger partial charge < -0.3 is 19.1 Å². The first-order valence-corrected chi connectivity index (χ1v) is 8.19. The quantitative estimate of drug-likeness (QED) is 0.243. The first-order chi connectivity index (χ1) is 10.2. The maximum atomic E-state index is 11.4. The molecule has 0 aliphatic carbocycles. The second-order valence-corrected chi connectivity index (χ2v) is 8.25. The molecule has 0 spiro atoms. The molecule has 0 aromatic carbocycles. The van der Waals surface area contributed by atoms with E-state index >= 15 is 0 Å². The van der Waals surface area contributed by atoms with Crippen LogP contribution in [-0.4, -0.2) is 31.2 Å². The van der Waals surface area contributed by atoms with E-state index < -0.39 is 49.7 Å². The SMILES string of the molecule is CC(C)(C)C(=O)OCOC(=O)P(=O)([O-])OCOC(=O)C(C)(C)C.[Na+]. The Morgan fingerprint density at radius 1 is 0.833 bits per heavy atom. The fourth-order valence-corrected chi connectivity index (χ4v) is 1.36. The van der Waals surface area contributed by atoms with Gasteiger partial charge in [-0.05, 0) is 41.5 Å². The molecule has 0 saturated heterocycles. The van der Waals surface area contributed by atoms with Gasteiger partial charge in [-0.2, -0.15) is 0 Å². The summed E-state index contributed by atoms with van der Waals surface area (Å²) in [7, 11) is -5.07. The number of rotatable bonds is 6. The second kappa shape index (κ2) is 9.89. The third kappa shape index (κ3) is 9.76. The summed E-state index contributed by atoms with van der Waals surface area (Å²) in [6.07, 6.45) is 0. The van der Waals surface area contributed by atoms with Crippen molar-refractivity contribution < 1.29 is 72.1 Å². The van der Waals surface area contributed by atoms with Crippen LogP contribution in [0, 0.1) is 10.8 Å². The molecule has 0 amide bonds. The average Bonchev–Trinajstić information content (AvgIpc) is 2.35. The van der Waals surface area contributed by atoms with E-state index in [4.69, 9.17) is 0 Å². The molecule has 0 aliphatic heterocycles. The molecule has 11 heteroatoms. The van der Waals surface area contributed by atoms with Crippen molar-refractivity contribution >= 4 is 25.2 Å². The maximum absolute atomic E-state index is 11.4. The molecule has 0 heterocycles. The second-order valence-electron chi connectivity index (χ2n) is 6.64. The van der Waals surface area contributed by atoms with Crippen LogP contribution in [0.25, 0.3) is 0 Å². The molecule has 24 heavy (non-hydrogen) atoms. The summed E-state index contributed by atoms with van der Waals surface area (Å²) < 4.78 is 29.1. The standard InChI is InChI=1S/C13H23O9P.Na/c1-12(2,3)9(14)19-7-21-11(16)23(17,18)22-8-20-10(15)13(4,5)6;/h7-8H2,1-6H3,(H,17,18);/q;+1/p-1. The minimum Gasteiger partial charge on any atom is -0.770 e. The van der Waals surface area contributed by atoms with E-state index in [1.807, 2.05) is 0 Å². The van der Waals surface area contributed by atoms with Gasteiger partial charge in [0.2, 0.25) is 14.4 Å². The van der Waals surface area contributed by atoms with E-state index in [1.165, 1.54) is 0 Å². The van der Waals surface area contributed by atoms with Gasteiger partial charge in [-0.1, -0.05) is 0 Å². The Hall–Kier alpha value is -0.440. The van der Waals surface area contributed by atoms with Crippen LogP contribution >= 0.6 is 7.60 Å². The zero-order chi connectivity index (χ0) is 18.5. The fourth-order valence-electron chi connectivity index (χ4n) is 0.847. The molecule has 0 saturated carbocycles. The van der Waals surface area contributed by atoms with Crippen molar-refractivity contribution in [2.24, 2.45) is 10.8 Å². The summed E-state index contributed by atoms with van der Waals surface area (Å²) >= 11 is 0. The van der Waals surface area contributed by atoms with Crippen LogP contribution in [0.15, 0.2) is 0 Å². The average molecular weight is 376 g/mol. The monoisotopic (exact) mass is 376 g/mol. The van der Waals surface area contributed by atoms with Crippen LogP contribution in [0.3, 0.4) is 0 Å². The van der Waals surface area contributed by atoms with Gasteiger partial charge in [0.15, 0.2) is 6.79 Å². The van der Waals surface area contributed by atoms with Gasteiger partial charge in [-0.15, -0.1) is 0 Å². The Kier molecular flexibility index (Phi) is 10.6.